The van der Waals surface area contributed by atoms with E-state index in [0.717, 1.165) is 15.7 Å². The molecule has 0 radical (unpaired) electrons. The van der Waals surface area contributed by atoms with Gasteiger partial charge in [-0.15, -0.1) is 11.3 Å². The molecule has 0 aliphatic heterocycles. The number of aryl methyl sites for hydroxylation is 1. The Balaban J connectivity index is 2.04. The minimum Gasteiger partial charge on any atom is -0.422 e. The average Bonchev–Trinajstić information content (AvgIpc) is 3.02. The highest BCUT2D eigenvalue weighted by Crippen LogP contribution is 2.23. The van der Waals surface area contributed by atoms with E-state index >= 15 is 0 Å². The fourth-order valence-corrected chi connectivity index (χ4v) is 3.97. The smallest absolute Gasteiger partial charge is 0.353 e. The molecule has 1 aromatic heterocycles. The second-order valence-electron chi connectivity index (χ2n) is 4.98. The summed E-state index contributed by atoms with van der Waals surface area (Å²) in [4.78, 5) is 26.9. The lowest BCUT2D eigenvalue weighted by molar-refractivity contribution is -0.116. The molecule has 2 aromatic rings. The molecule has 1 heterocycles. The summed E-state index contributed by atoms with van der Waals surface area (Å²) < 4.78 is 6.37. The number of halogens is 1. The normalized spacial score (nSPS) is 10.5. The minimum atomic E-state index is -0.383. The zero-order valence-corrected chi connectivity index (χ0v) is 16.2. The summed E-state index contributed by atoms with van der Waals surface area (Å²) in [6.45, 7) is 1.55. The molecule has 0 fully saturated rings. The van der Waals surface area contributed by atoms with Crippen LogP contribution in [0, 0.1) is 0 Å². The van der Waals surface area contributed by atoms with Gasteiger partial charge in [0.05, 0.1) is 6.61 Å². The highest BCUT2D eigenvalue weighted by atomic mass is 127. The van der Waals surface area contributed by atoms with Crippen LogP contribution < -0.4 is 9.64 Å². The number of carbonyl (C=O) groups excluding carboxylic acids is 2. The lowest BCUT2D eigenvalue weighted by atomic mass is 10.2. The van der Waals surface area contributed by atoms with Crippen molar-refractivity contribution in [3.63, 3.8) is 0 Å². The number of aliphatic hydroxyl groups is 1. The number of aliphatic hydroxyl groups excluding tert-OH is 1. The molecule has 0 aliphatic rings. The second-order valence-corrected chi connectivity index (χ2v) is 7.23. The molecule has 5 nitrogen and oxygen atoms in total. The number of ether oxygens (including phenoxy) is 1. The van der Waals surface area contributed by atoms with Crippen LogP contribution in [0.5, 0.6) is 5.75 Å². The van der Waals surface area contributed by atoms with Gasteiger partial charge in [-0.25, -0.2) is 4.79 Å². The third kappa shape index (κ3) is 5.02. The van der Waals surface area contributed by atoms with Gasteiger partial charge in [-0.05, 0) is 42.8 Å². The number of amides is 1. The summed E-state index contributed by atoms with van der Waals surface area (Å²) >= 11 is 3.74. The van der Waals surface area contributed by atoms with E-state index in [1.807, 2.05) is 6.07 Å². The number of thiophene rings is 1. The maximum atomic E-state index is 12.1. The first-order chi connectivity index (χ1) is 11.5. The Kier molecular flexibility index (Phi) is 7.19. The Morgan fingerprint density at radius 2 is 1.92 bits per heavy atom. The molecule has 1 N–H and O–H groups in total. The van der Waals surface area contributed by atoms with E-state index in [4.69, 9.17) is 9.84 Å². The third-order valence-electron chi connectivity index (χ3n) is 3.27. The summed E-state index contributed by atoms with van der Waals surface area (Å²) in [6.07, 6.45) is 0.943. The van der Waals surface area contributed by atoms with Gasteiger partial charge >= 0.3 is 5.97 Å². The van der Waals surface area contributed by atoms with Crippen molar-refractivity contribution in [2.45, 2.75) is 13.3 Å². The molecular weight excluding hydrogens is 441 g/mol. The number of nitrogens with zero attached hydrogens (tertiary/aromatic N) is 1. The lowest BCUT2D eigenvalue weighted by Gasteiger charge is -2.20. The first-order valence-corrected chi connectivity index (χ1v) is 9.75. The highest BCUT2D eigenvalue weighted by molar-refractivity contribution is 14.1. The highest BCUT2D eigenvalue weighted by Gasteiger charge is 2.14. The number of esters is 1. The van der Waals surface area contributed by atoms with Gasteiger partial charge < -0.3 is 14.7 Å². The standard InChI is InChI=1S/C17H18INO4S/c1-12(21)19(10-11-20)13-2-4-14(5-3-13)23-17(22)16-7-6-15(24-16)8-9-18/h2-7,20H,8-11H2,1H3. The fraction of sp³-hybridized carbons (Fsp3) is 0.294. The fourth-order valence-electron chi connectivity index (χ4n) is 2.13. The Bertz CT molecular complexity index is 699. The molecule has 2 rings (SSSR count). The van der Waals surface area contributed by atoms with Crippen molar-refractivity contribution in [3.8, 4) is 5.75 Å². The van der Waals surface area contributed by atoms with Crippen molar-refractivity contribution in [1.29, 1.82) is 0 Å². The Hall–Kier alpha value is -1.45. The van der Waals surface area contributed by atoms with Crippen LogP contribution >= 0.6 is 33.9 Å². The van der Waals surface area contributed by atoms with Crippen LogP contribution in [0.1, 0.15) is 21.5 Å². The van der Waals surface area contributed by atoms with Gasteiger partial charge in [-0.3, -0.25) is 4.79 Å². The van der Waals surface area contributed by atoms with E-state index in [1.165, 1.54) is 23.2 Å². The van der Waals surface area contributed by atoms with Gasteiger partial charge in [0.1, 0.15) is 10.6 Å². The van der Waals surface area contributed by atoms with E-state index in [-0.39, 0.29) is 25.0 Å². The van der Waals surface area contributed by atoms with Crippen molar-refractivity contribution in [1.82, 2.24) is 0 Å². The molecule has 1 amide bonds. The van der Waals surface area contributed by atoms with Gasteiger partial charge in [0, 0.05) is 28.5 Å². The van der Waals surface area contributed by atoms with E-state index in [0.29, 0.717) is 16.3 Å². The molecule has 0 spiro atoms. The first kappa shape index (κ1) is 18.9. The predicted molar refractivity (Wildman–Crippen MR) is 103 cm³/mol. The zero-order chi connectivity index (χ0) is 17.5. The molecule has 0 bridgehead atoms. The topological polar surface area (TPSA) is 66.8 Å². The van der Waals surface area contributed by atoms with Crippen LogP contribution in [-0.2, 0) is 11.2 Å². The minimum absolute atomic E-state index is 0.117. The number of hydrogen-bond acceptors (Lipinski definition) is 5. The number of benzene rings is 1. The van der Waals surface area contributed by atoms with E-state index in [2.05, 4.69) is 22.6 Å². The molecule has 1 aromatic carbocycles. The summed E-state index contributed by atoms with van der Waals surface area (Å²) in [6, 6.07) is 10.4. The first-order valence-electron chi connectivity index (χ1n) is 7.41. The average molecular weight is 459 g/mol. The van der Waals surface area contributed by atoms with E-state index < -0.39 is 0 Å². The van der Waals surface area contributed by atoms with Crippen molar-refractivity contribution in [3.05, 3.63) is 46.2 Å². The Morgan fingerprint density at radius 1 is 1.21 bits per heavy atom. The van der Waals surface area contributed by atoms with Crippen molar-refractivity contribution in [2.75, 3.05) is 22.5 Å². The maximum absolute atomic E-state index is 12.1. The molecule has 0 aliphatic carbocycles. The van der Waals surface area contributed by atoms with E-state index in [1.54, 1.807) is 30.3 Å². The van der Waals surface area contributed by atoms with Crippen LogP contribution in [0.3, 0.4) is 0 Å². The molecule has 0 saturated heterocycles. The number of alkyl halides is 1. The summed E-state index contributed by atoms with van der Waals surface area (Å²) in [7, 11) is 0. The van der Waals surface area contributed by atoms with Gasteiger partial charge in [0.2, 0.25) is 5.91 Å². The van der Waals surface area contributed by atoms with Crippen LogP contribution in [0.4, 0.5) is 5.69 Å². The van der Waals surface area contributed by atoms with Crippen LogP contribution in [-0.4, -0.2) is 34.6 Å². The molecule has 0 unspecified atom stereocenters. The molecule has 0 saturated carbocycles. The van der Waals surface area contributed by atoms with Crippen LogP contribution in [0.25, 0.3) is 0 Å². The second kappa shape index (κ2) is 9.14. The summed E-state index contributed by atoms with van der Waals surface area (Å²) in [5.41, 5.74) is 0.650. The van der Waals surface area contributed by atoms with Gasteiger partial charge in [0.25, 0.3) is 0 Å². The SMILES string of the molecule is CC(=O)N(CCO)c1ccc(OC(=O)c2ccc(CCI)s2)cc1. The molecule has 7 heteroatoms. The van der Waals surface area contributed by atoms with E-state index in [9.17, 15) is 9.59 Å². The van der Waals surface area contributed by atoms with Gasteiger partial charge in [0.15, 0.2) is 0 Å². The van der Waals surface area contributed by atoms with Crippen molar-refractivity contribution >= 4 is 51.5 Å². The number of anilines is 1. The van der Waals surface area contributed by atoms with Crippen LogP contribution in [0.2, 0.25) is 0 Å². The van der Waals surface area contributed by atoms with Crippen molar-refractivity contribution < 1.29 is 19.4 Å². The van der Waals surface area contributed by atoms with Gasteiger partial charge in [-0.1, -0.05) is 22.6 Å². The molecular formula is C17H18INO4S. The largest absolute Gasteiger partial charge is 0.422 e. The molecule has 24 heavy (non-hydrogen) atoms. The molecule has 128 valence electrons. The van der Waals surface area contributed by atoms with Crippen molar-refractivity contribution in [2.24, 2.45) is 0 Å². The maximum Gasteiger partial charge on any atom is 0.353 e. The Morgan fingerprint density at radius 3 is 2.50 bits per heavy atom. The number of rotatable bonds is 7. The summed E-state index contributed by atoms with van der Waals surface area (Å²) in [5.74, 6) is -0.124. The zero-order valence-electron chi connectivity index (χ0n) is 13.2. The number of carbonyl (C=O) groups is 2. The summed E-state index contributed by atoms with van der Waals surface area (Å²) in [5, 5.41) is 9.02. The number of hydrogen-bond donors (Lipinski definition) is 1. The quantitative estimate of drug-likeness (QED) is 0.299. The van der Waals surface area contributed by atoms with Crippen LogP contribution in [0.15, 0.2) is 36.4 Å². The monoisotopic (exact) mass is 459 g/mol. The Labute approximate surface area is 158 Å². The molecule has 0 atom stereocenters. The third-order valence-corrected chi connectivity index (χ3v) is 4.93. The lowest BCUT2D eigenvalue weighted by Crippen LogP contribution is -2.31. The predicted octanol–water partition coefficient (Wildman–Crippen LogP) is 3.29. The van der Waals surface area contributed by atoms with Gasteiger partial charge in [-0.2, -0.15) is 0 Å².